The van der Waals surface area contributed by atoms with Crippen molar-refractivity contribution >= 4 is 23.5 Å². The summed E-state index contributed by atoms with van der Waals surface area (Å²) in [5.41, 5.74) is 0.142. The normalized spacial score (nSPS) is 14.9. The number of nitrogens with zero attached hydrogens (tertiary/aromatic N) is 5. The fourth-order valence-electron chi connectivity index (χ4n) is 3.22. The molecule has 0 N–H and O–H groups in total. The summed E-state index contributed by atoms with van der Waals surface area (Å²) in [5, 5.41) is 8.60. The standard InChI is InChI=1S/C19H16F3N5OS/c1-11(29-18-25-24-10-26(18)2)12-6-7-23-16(8-12)27-9-14-13(17(27)28)4-3-5-15(14)19(20,21)22/h3-8,10-11H,9H2,1-2H3. The van der Waals surface area contributed by atoms with Crippen LogP contribution in [0.3, 0.4) is 0 Å². The summed E-state index contributed by atoms with van der Waals surface area (Å²) in [7, 11) is 1.84. The van der Waals surface area contributed by atoms with Crippen molar-refractivity contribution in [2.24, 2.45) is 7.05 Å². The fraction of sp³-hybridized carbons (Fsp3) is 0.263. The fourth-order valence-corrected chi connectivity index (χ4v) is 4.13. The Morgan fingerprint density at radius 1 is 1.24 bits per heavy atom. The molecular weight excluding hydrogens is 403 g/mol. The number of alkyl halides is 3. The number of thioether (sulfide) groups is 1. The van der Waals surface area contributed by atoms with Gasteiger partial charge in [-0.05, 0) is 42.3 Å². The van der Waals surface area contributed by atoms with E-state index in [1.54, 1.807) is 23.2 Å². The largest absolute Gasteiger partial charge is 0.416 e. The van der Waals surface area contributed by atoms with Crippen LogP contribution in [0.2, 0.25) is 0 Å². The summed E-state index contributed by atoms with van der Waals surface area (Å²) in [6.07, 6.45) is -1.36. The zero-order valence-corrected chi connectivity index (χ0v) is 16.3. The lowest BCUT2D eigenvalue weighted by Crippen LogP contribution is -2.24. The van der Waals surface area contributed by atoms with Gasteiger partial charge in [-0.1, -0.05) is 17.8 Å². The zero-order valence-electron chi connectivity index (χ0n) is 15.5. The van der Waals surface area contributed by atoms with Crippen molar-refractivity contribution in [3.63, 3.8) is 0 Å². The van der Waals surface area contributed by atoms with Gasteiger partial charge in [0.05, 0.1) is 12.1 Å². The molecule has 0 saturated carbocycles. The molecule has 4 rings (SSSR count). The second-order valence-electron chi connectivity index (χ2n) is 6.65. The van der Waals surface area contributed by atoms with Crippen molar-refractivity contribution in [1.29, 1.82) is 0 Å². The molecule has 0 fully saturated rings. The van der Waals surface area contributed by atoms with Crippen LogP contribution >= 0.6 is 11.8 Å². The molecular formula is C19H16F3N5OS. The molecule has 0 aliphatic carbocycles. The van der Waals surface area contributed by atoms with Gasteiger partial charge in [0.15, 0.2) is 5.16 Å². The number of rotatable bonds is 4. The number of fused-ring (bicyclic) bond motifs is 1. The number of amides is 1. The number of anilines is 1. The monoisotopic (exact) mass is 419 g/mol. The van der Waals surface area contributed by atoms with Crippen molar-refractivity contribution in [3.8, 4) is 0 Å². The Balaban J connectivity index is 1.62. The Morgan fingerprint density at radius 2 is 2.03 bits per heavy atom. The highest BCUT2D eigenvalue weighted by Gasteiger charge is 2.40. The molecule has 0 bridgehead atoms. The third kappa shape index (κ3) is 3.59. The highest BCUT2D eigenvalue weighted by atomic mass is 32.2. The molecule has 1 unspecified atom stereocenters. The third-order valence-electron chi connectivity index (χ3n) is 4.74. The Kier molecular flexibility index (Phi) is 4.81. The van der Waals surface area contributed by atoms with Crippen LogP contribution < -0.4 is 4.90 Å². The Hall–Kier alpha value is -2.88. The molecule has 1 aliphatic heterocycles. The average Bonchev–Trinajstić information content (AvgIpc) is 3.24. The molecule has 0 saturated heterocycles. The van der Waals surface area contributed by atoms with Gasteiger partial charge in [-0.25, -0.2) is 4.98 Å². The molecule has 2 aromatic heterocycles. The van der Waals surface area contributed by atoms with Crippen LogP contribution in [0.25, 0.3) is 0 Å². The highest BCUT2D eigenvalue weighted by molar-refractivity contribution is 7.99. The minimum atomic E-state index is -4.52. The number of aryl methyl sites for hydroxylation is 1. The predicted molar refractivity (Wildman–Crippen MR) is 101 cm³/mol. The molecule has 3 heterocycles. The summed E-state index contributed by atoms with van der Waals surface area (Å²) in [6.45, 7) is 1.81. The van der Waals surface area contributed by atoms with E-state index in [9.17, 15) is 18.0 Å². The van der Waals surface area contributed by atoms with Gasteiger partial charge in [-0.3, -0.25) is 9.69 Å². The van der Waals surface area contributed by atoms with Crippen molar-refractivity contribution in [3.05, 3.63) is 65.1 Å². The van der Waals surface area contributed by atoms with E-state index in [2.05, 4.69) is 15.2 Å². The maximum atomic E-state index is 13.3. The maximum Gasteiger partial charge on any atom is 0.416 e. The third-order valence-corrected chi connectivity index (χ3v) is 5.95. The average molecular weight is 419 g/mol. The van der Waals surface area contributed by atoms with Gasteiger partial charge < -0.3 is 4.57 Å². The molecule has 0 spiro atoms. The van der Waals surface area contributed by atoms with Crippen LogP contribution in [-0.2, 0) is 19.8 Å². The van der Waals surface area contributed by atoms with Crippen molar-refractivity contribution < 1.29 is 18.0 Å². The Labute approximate surface area is 168 Å². The lowest BCUT2D eigenvalue weighted by Gasteiger charge is -2.18. The van der Waals surface area contributed by atoms with Gasteiger partial charge in [0.1, 0.15) is 12.1 Å². The van der Waals surface area contributed by atoms with Gasteiger partial charge in [0.2, 0.25) is 0 Å². The van der Waals surface area contributed by atoms with E-state index in [0.717, 1.165) is 16.8 Å². The van der Waals surface area contributed by atoms with E-state index in [-0.39, 0.29) is 22.9 Å². The topological polar surface area (TPSA) is 63.9 Å². The lowest BCUT2D eigenvalue weighted by atomic mass is 10.0. The van der Waals surface area contributed by atoms with Crippen LogP contribution in [0.4, 0.5) is 19.0 Å². The first-order valence-corrected chi connectivity index (χ1v) is 9.61. The minimum Gasteiger partial charge on any atom is -0.312 e. The number of carbonyl (C=O) groups is 1. The number of aromatic nitrogens is 4. The summed E-state index contributed by atoms with van der Waals surface area (Å²) in [6, 6.07) is 7.21. The van der Waals surface area contributed by atoms with Crippen molar-refractivity contribution in [1.82, 2.24) is 19.7 Å². The van der Waals surface area contributed by atoms with E-state index in [1.165, 1.54) is 28.8 Å². The molecule has 1 aliphatic rings. The minimum absolute atomic E-state index is 0.0151. The van der Waals surface area contributed by atoms with Crippen LogP contribution in [0.15, 0.2) is 48.0 Å². The number of benzene rings is 1. The number of hydrogen-bond donors (Lipinski definition) is 0. The summed E-state index contributed by atoms with van der Waals surface area (Å²) >= 11 is 1.48. The maximum absolute atomic E-state index is 13.3. The van der Waals surface area contributed by atoms with Gasteiger partial charge in [-0.15, -0.1) is 10.2 Å². The van der Waals surface area contributed by atoms with Crippen LogP contribution in [0.5, 0.6) is 0 Å². The number of halogens is 3. The molecule has 1 aromatic carbocycles. The van der Waals surface area contributed by atoms with E-state index in [4.69, 9.17) is 0 Å². The van der Waals surface area contributed by atoms with Crippen molar-refractivity contribution in [2.75, 3.05) is 4.90 Å². The molecule has 150 valence electrons. The SMILES string of the molecule is CC(Sc1nncn1C)c1ccnc(N2Cc3c(cccc3C(F)(F)F)C2=O)c1. The second kappa shape index (κ2) is 7.18. The van der Waals surface area contributed by atoms with Crippen molar-refractivity contribution in [2.45, 2.75) is 30.1 Å². The summed E-state index contributed by atoms with van der Waals surface area (Å²) < 4.78 is 41.8. The quantitative estimate of drug-likeness (QED) is 0.592. The second-order valence-corrected chi connectivity index (χ2v) is 7.96. The predicted octanol–water partition coefficient (Wildman–Crippen LogP) is 4.24. The number of carbonyl (C=O) groups excluding carboxylic acids is 1. The van der Waals surface area contributed by atoms with Crippen LogP contribution in [0.1, 0.15) is 39.2 Å². The van der Waals surface area contributed by atoms with E-state index < -0.39 is 17.6 Å². The zero-order chi connectivity index (χ0) is 20.8. The molecule has 1 amide bonds. The van der Waals surface area contributed by atoms with Crippen LogP contribution in [0, 0.1) is 0 Å². The lowest BCUT2D eigenvalue weighted by molar-refractivity contribution is -0.138. The number of hydrogen-bond acceptors (Lipinski definition) is 5. The first-order chi connectivity index (χ1) is 13.8. The van der Waals surface area contributed by atoms with Crippen LogP contribution in [-0.4, -0.2) is 25.7 Å². The summed E-state index contributed by atoms with van der Waals surface area (Å²) in [4.78, 5) is 18.3. The molecule has 3 aromatic rings. The molecule has 29 heavy (non-hydrogen) atoms. The summed E-state index contributed by atoms with van der Waals surface area (Å²) in [5.74, 6) is -0.161. The molecule has 1 atom stereocenters. The van der Waals surface area contributed by atoms with E-state index in [1.807, 2.05) is 20.0 Å². The first kappa shape index (κ1) is 19.4. The highest BCUT2D eigenvalue weighted by Crippen LogP contribution is 2.39. The number of pyridine rings is 1. The Morgan fingerprint density at radius 3 is 2.72 bits per heavy atom. The van der Waals surface area contributed by atoms with Gasteiger partial charge in [-0.2, -0.15) is 13.2 Å². The smallest absolute Gasteiger partial charge is 0.312 e. The Bertz CT molecular complexity index is 1080. The van der Waals surface area contributed by atoms with Gasteiger partial charge in [0, 0.05) is 24.1 Å². The molecule has 6 nitrogen and oxygen atoms in total. The van der Waals surface area contributed by atoms with Gasteiger partial charge in [0.25, 0.3) is 5.91 Å². The van der Waals surface area contributed by atoms with Gasteiger partial charge >= 0.3 is 6.18 Å². The van der Waals surface area contributed by atoms with E-state index in [0.29, 0.717) is 5.82 Å². The van der Waals surface area contributed by atoms with E-state index >= 15 is 0 Å². The first-order valence-electron chi connectivity index (χ1n) is 8.73. The molecule has 0 radical (unpaired) electrons. The molecule has 10 heteroatoms.